The molecule has 1 heterocycles. The molecule has 1 aromatic heterocycles. The van der Waals surface area contributed by atoms with Crippen LogP contribution in [-0.4, -0.2) is 25.1 Å². The van der Waals surface area contributed by atoms with Crippen molar-refractivity contribution in [1.29, 1.82) is 0 Å². The molecule has 0 aliphatic carbocycles. The Bertz CT molecular complexity index is 730. The lowest BCUT2D eigenvalue weighted by atomic mass is 10.2. The second-order valence-corrected chi connectivity index (χ2v) is 5.33. The van der Waals surface area contributed by atoms with Gasteiger partial charge in [-0.3, -0.25) is 4.79 Å². The van der Waals surface area contributed by atoms with Crippen molar-refractivity contribution in [3.63, 3.8) is 0 Å². The zero-order valence-electron chi connectivity index (χ0n) is 13.2. The molecular formula is C16H17ClN2O5. The normalized spacial score (nSPS) is 11.6. The summed E-state index contributed by atoms with van der Waals surface area (Å²) in [6.45, 7) is 1.66. The lowest BCUT2D eigenvalue weighted by Gasteiger charge is -2.15. The number of halogens is 1. The van der Waals surface area contributed by atoms with Crippen LogP contribution in [0.1, 0.15) is 23.0 Å². The van der Waals surface area contributed by atoms with Gasteiger partial charge in [0.1, 0.15) is 17.1 Å². The second kappa shape index (κ2) is 7.74. The molecule has 128 valence electrons. The van der Waals surface area contributed by atoms with E-state index in [2.05, 4.69) is 5.32 Å². The van der Waals surface area contributed by atoms with Gasteiger partial charge in [0.15, 0.2) is 6.10 Å². The Labute approximate surface area is 143 Å². The summed E-state index contributed by atoms with van der Waals surface area (Å²) in [5.74, 6) is -0.395. The smallest absolute Gasteiger partial charge is 0.342 e. The van der Waals surface area contributed by atoms with Gasteiger partial charge >= 0.3 is 5.97 Å². The molecule has 1 amide bonds. The number of nitrogens with two attached hydrogens (primary N) is 1. The van der Waals surface area contributed by atoms with E-state index in [0.717, 1.165) is 0 Å². The number of benzene rings is 1. The second-order valence-electron chi connectivity index (χ2n) is 4.92. The number of methoxy groups -OCH3 is 1. The third-order valence-electron chi connectivity index (χ3n) is 3.21. The average molecular weight is 353 g/mol. The van der Waals surface area contributed by atoms with Gasteiger partial charge in [0.2, 0.25) is 0 Å². The van der Waals surface area contributed by atoms with Gasteiger partial charge in [-0.25, -0.2) is 4.79 Å². The van der Waals surface area contributed by atoms with Crippen molar-refractivity contribution >= 4 is 29.2 Å². The van der Waals surface area contributed by atoms with Crippen molar-refractivity contribution in [2.75, 3.05) is 12.8 Å². The first-order valence-corrected chi connectivity index (χ1v) is 7.44. The first kappa shape index (κ1) is 17.7. The zero-order chi connectivity index (χ0) is 17.7. The van der Waals surface area contributed by atoms with Crippen LogP contribution in [0, 0.1) is 0 Å². The highest BCUT2D eigenvalue weighted by atomic mass is 35.5. The van der Waals surface area contributed by atoms with Gasteiger partial charge in [-0.05, 0) is 25.1 Å². The molecule has 0 saturated heterocycles. The lowest BCUT2D eigenvalue weighted by Crippen LogP contribution is -2.35. The van der Waals surface area contributed by atoms with Crippen molar-refractivity contribution < 1.29 is 23.5 Å². The first-order valence-electron chi connectivity index (χ1n) is 7.06. The van der Waals surface area contributed by atoms with E-state index in [-0.39, 0.29) is 28.6 Å². The number of amides is 1. The molecule has 8 heteroatoms. The third-order valence-corrected chi connectivity index (χ3v) is 3.54. The summed E-state index contributed by atoms with van der Waals surface area (Å²) in [7, 11) is 1.39. The number of anilines is 1. The predicted octanol–water partition coefficient (Wildman–Crippen LogP) is 2.39. The summed E-state index contributed by atoms with van der Waals surface area (Å²) >= 11 is 5.91. The summed E-state index contributed by atoms with van der Waals surface area (Å²) in [5.41, 5.74) is 6.02. The molecule has 0 aliphatic heterocycles. The Hall–Kier alpha value is -2.67. The summed E-state index contributed by atoms with van der Waals surface area (Å²) in [5, 5.41) is 2.80. The summed E-state index contributed by atoms with van der Waals surface area (Å²) in [6, 6.07) is 6.19. The molecule has 7 nitrogen and oxygen atoms in total. The number of ether oxygens (including phenoxy) is 2. The van der Waals surface area contributed by atoms with Crippen LogP contribution in [0.25, 0.3) is 0 Å². The molecule has 1 unspecified atom stereocenters. The van der Waals surface area contributed by atoms with Crippen LogP contribution in [0.3, 0.4) is 0 Å². The maximum atomic E-state index is 12.2. The molecule has 1 atom stereocenters. The number of rotatable bonds is 6. The third kappa shape index (κ3) is 4.20. The quantitative estimate of drug-likeness (QED) is 0.611. The van der Waals surface area contributed by atoms with E-state index in [1.54, 1.807) is 12.1 Å². The van der Waals surface area contributed by atoms with Crippen LogP contribution in [-0.2, 0) is 16.1 Å². The van der Waals surface area contributed by atoms with Crippen LogP contribution >= 0.6 is 11.6 Å². The van der Waals surface area contributed by atoms with E-state index in [9.17, 15) is 9.59 Å². The van der Waals surface area contributed by atoms with E-state index in [1.165, 1.54) is 32.4 Å². The van der Waals surface area contributed by atoms with Gasteiger partial charge in [-0.15, -0.1) is 0 Å². The topological polar surface area (TPSA) is 104 Å². The Morgan fingerprint density at radius 1 is 1.42 bits per heavy atom. The van der Waals surface area contributed by atoms with Gasteiger partial charge in [-0.1, -0.05) is 11.6 Å². The van der Waals surface area contributed by atoms with Crippen LogP contribution in [0.2, 0.25) is 5.02 Å². The molecule has 2 rings (SSSR count). The number of carbonyl (C=O) groups is 2. The van der Waals surface area contributed by atoms with Gasteiger partial charge in [0.05, 0.1) is 30.6 Å². The molecule has 3 N–H and O–H groups in total. The molecule has 0 aliphatic rings. The monoisotopic (exact) mass is 352 g/mol. The molecule has 0 spiro atoms. The number of esters is 1. The highest BCUT2D eigenvalue weighted by Gasteiger charge is 2.22. The molecule has 24 heavy (non-hydrogen) atoms. The van der Waals surface area contributed by atoms with Crippen LogP contribution < -0.4 is 15.8 Å². The van der Waals surface area contributed by atoms with Gasteiger partial charge < -0.3 is 24.9 Å². The molecule has 0 saturated carbocycles. The Balaban J connectivity index is 2.00. The van der Waals surface area contributed by atoms with E-state index in [1.807, 2.05) is 0 Å². The summed E-state index contributed by atoms with van der Waals surface area (Å²) in [4.78, 5) is 24.2. The van der Waals surface area contributed by atoms with E-state index in [4.69, 9.17) is 31.2 Å². The molecule has 1 aromatic carbocycles. The van der Waals surface area contributed by atoms with Crippen LogP contribution in [0.5, 0.6) is 5.75 Å². The fraction of sp³-hybridized carbons (Fsp3) is 0.250. The fourth-order valence-electron chi connectivity index (χ4n) is 1.91. The van der Waals surface area contributed by atoms with E-state index in [0.29, 0.717) is 5.76 Å². The minimum Gasteiger partial charge on any atom is -0.496 e. The van der Waals surface area contributed by atoms with Crippen molar-refractivity contribution in [3.8, 4) is 5.75 Å². The minimum absolute atomic E-state index is 0.0855. The largest absolute Gasteiger partial charge is 0.496 e. The van der Waals surface area contributed by atoms with E-state index >= 15 is 0 Å². The Kier molecular flexibility index (Phi) is 5.70. The van der Waals surface area contributed by atoms with Gasteiger partial charge in [0.25, 0.3) is 5.91 Å². The van der Waals surface area contributed by atoms with Crippen LogP contribution in [0.15, 0.2) is 34.9 Å². The molecule has 0 radical (unpaired) electrons. The average Bonchev–Trinajstić information content (AvgIpc) is 3.07. The van der Waals surface area contributed by atoms with Crippen molar-refractivity contribution in [2.24, 2.45) is 0 Å². The maximum absolute atomic E-state index is 12.2. The number of nitrogen functional groups attached to an aromatic ring is 1. The van der Waals surface area contributed by atoms with Gasteiger partial charge in [0, 0.05) is 6.07 Å². The molecule has 0 bridgehead atoms. The van der Waals surface area contributed by atoms with Gasteiger partial charge in [-0.2, -0.15) is 0 Å². The van der Waals surface area contributed by atoms with E-state index < -0.39 is 18.0 Å². The SMILES string of the molecule is COc1cc(N)c(Cl)cc1C(=O)OC(C)C(=O)NCc1ccco1. The fourth-order valence-corrected chi connectivity index (χ4v) is 2.07. The number of carbonyl (C=O) groups excluding carboxylic acids is 2. The van der Waals surface area contributed by atoms with Crippen molar-refractivity contribution in [2.45, 2.75) is 19.6 Å². The van der Waals surface area contributed by atoms with Crippen molar-refractivity contribution in [3.05, 3.63) is 46.9 Å². The predicted molar refractivity (Wildman–Crippen MR) is 87.8 cm³/mol. The lowest BCUT2D eigenvalue weighted by molar-refractivity contribution is -0.129. The first-order chi connectivity index (χ1) is 11.4. The standard InChI is InChI=1S/C16H17ClN2O5/c1-9(15(20)19-8-10-4-3-5-23-10)24-16(21)11-6-12(17)13(18)7-14(11)22-2/h3-7,9H,8,18H2,1-2H3,(H,19,20). The summed E-state index contributed by atoms with van der Waals surface area (Å²) < 4.78 is 15.3. The highest BCUT2D eigenvalue weighted by Crippen LogP contribution is 2.29. The number of hydrogen-bond acceptors (Lipinski definition) is 6. The Morgan fingerprint density at radius 2 is 2.17 bits per heavy atom. The summed E-state index contributed by atoms with van der Waals surface area (Å²) in [6.07, 6.45) is 0.496. The number of furan rings is 1. The minimum atomic E-state index is -1.01. The van der Waals surface area contributed by atoms with Crippen molar-refractivity contribution in [1.82, 2.24) is 5.32 Å². The zero-order valence-corrected chi connectivity index (χ0v) is 13.9. The maximum Gasteiger partial charge on any atom is 0.342 e. The Morgan fingerprint density at radius 3 is 2.79 bits per heavy atom. The van der Waals surface area contributed by atoms with Crippen LogP contribution in [0.4, 0.5) is 5.69 Å². The molecule has 0 fully saturated rings. The molecular weight excluding hydrogens is 336 g/mol. The highest BCUT2D eigenvalue weighted by molar-refractivity contribution is 6.33. The number of nitrogens with one attached hydrogen (secondary N) is 1. The number of hydrogen-bond donors (Lipinski definition) is 2. The molecule has 2 aromatic rings.